The predicted molar refractivity (Wildman–Crippen MR) is 126 cm³/mol. The first-order chi connectivity index (χ1) is 16.5. The van der Waals surface area contributed by atoms with Gasteiger partial charge in [0.05, 0.1) is 38.3 Å². The summed E-state index contributed by atoms with van der Waals surface area (Å²) in [6.45, 7) is 0.248. The molecule has 0 unspecified atom stereocenters. The Morgan fingerprint density at radius 1 is 0.971 bits per heavy atom. The molecule has 10 heteroatoms. The molecule has 9 nitrogen and oxygen atoms in total. The van der Waals surface area contributed by atoms with E-state index in [1.807, 2.05) is 46.9 Å². The summed E-state index contributed by atoms with van der Waals surface area (Å²) in [7, 11) is 4.62. The Balaban J connectivity index is 1.73. The van der Waals surface area contributed by atoms with Crippen molar-refractivity contribution in [3.63, 3.8) is 0 Å². The fourth-order valence-electron chi connectivity index (χ4n) is 5.12. The van der Waals surface area contributed by atoms with Gasteiger partial charge in [0.2, 0.25) is 12.5 Å². The maximum absolute atomic E-state index is 13.1. The van der Waals surface area contributed by atoms with Gasteiger partial charge in [0, 0.05) is 17.4 Å². The van der Waals surface area contributed by atoms with Crippen LogP contribution in [0.4, 0.5) is 0 Å². The highest BCUT2D eigenvalue weighted by molar-refractivity contribution is 14.1. The number of hydrogen-bond acceptors (Lipinski definition) is 9. The third-order valence-corrected chi connectivity index (χ3v) is 7.16. The van der Waals surface area contributed by atoms with Crippen LogP contribution in [-0.4, -0.2) is 51.1 Å². The molecule has 1 aliphatic carbocycles. The third-order valence-electron chi connectivity index (χ3n) is 6.53. The molecule has 0 spiro atoms. The number of esters is 2. The number of ether oxygens (including phenoxy) is 7. The first-order valence-electron chi connectivity index (χ1n) is 10.7. The van der Waals surface area contributed by atoms with Crippen molar-refractivity contribution in [2.24, 2.45) is 11.8 Å². The number of cyclic esters (lactones) is 1. The lowest BCUT2D eigenvalue weighted by molar-refractivity contribution is -0.151. The largest absolute Gasteiger partial charge is 0.493 e. The number of fused-ring (bicyclic) bond motifs is 3. The zero-order chi connectivity index (χ0) is 24.0. The number of hydrogen-bond donors (Lipinski definition) is 0. The van der Waals surface area contributed by atoms with Gasteiger partial charge in [0.15, 0.2) is 23.0 Å². The fraction of sp³-hybridized carbons (Fsp3) is 0.417. The van der Waals surface area contributed by atoms with Gasteiger partial charge in [-0.3, -0.25) is 9.59 Å². The van der Waals surface area contributed by atoms with Crippen LogP contribution in [0.2, 0.25) is 0 Å². The molecule has 0 N–H and O–H groups in total. The van der Waals surface area contributed by atoms with Gasteiger partial charge >= 0.3 is 11.9 Å². The summed E-state index contributed by atoms with van der Waals surface area (Å²) in [4.78, 5) is 25.4. The first-order valence-corrected chi connectivity index (χ1v) is 12.2. The molecule has 34 heavy (non-hydrogen) atoms. The van der Waals surface area contributed by atoms with E-state index in [0.717, 1.165) is 16.7 Å². The monoisotopic (exact) mass is 582 g/mol. The van der Waals surface area contributed by atoms with Crippen LogP contribution in [0.25, 0.3) is 0 Å². The van der Waals surface area contributed by atoms with E-state index in [-0.39, 0.29) is 35.7 Å². The van der Waals surface area contributed by atoms with Crippen LogP contribution >= 0.6 is 22.6 Å². The summed E-state index contributed by atoms with van der Waals surface area (Å²) in [6, 6.07) is 7.37. The van der Waals surface area contributed by atoms with Crippen molar-refractivity contribution < 1.29 is 42.7 Å². The lowest BCUT2D eigenvalue weighted by Gasteiger charge is -2.38. The van der Waals surface area contributed by atoms with Crippen LogP contribution in [0.15, 0.2) is 24.3 Å². The smallest absolute Gasteiger partial charge is 0.316 e. The van der Waals surface area contributed by atoms with Crippen LogP contribution in [0, 0.1) is 11.8 Å². The van der Waals surface area contributed by atoms with Crippen molar-refractivity contribution in [1.29, 1.82) is 0 Å². The van der Waals surface area contributed by atoms with Crippen molar-refractivity contribution in [2.75, 3.05) is 39.2 Å². The Morgan fingerprint density at radius 2 is 1.62 bits per heavy atom. The van der Waals surface area contributed by atoms with Crippen molar-refractivity contribution >= 4 is 34.5 Å². The average molecular weight is 582 g/mol. The molecule has 0 saturated carbocycles. The van der Waals surface area contributed by atoms with Gasteiger partial charge in [-0.2, -0.15) is 0 Å². The normalized spacial score (nSPS) is 24.1. The molecular formula is C24H23IO9. The SMILES string of the molecule is COc1cc([C@@H]2c3cc4c(cc3[C@H](OC(=O)CI)[C@H]3COC(=O)[C@H]23)OCO4)cc(OC)c1OC. The number of carbonyl (C=O) groups is 2. The van der Waals surface area contributed by atoms with Crippen LogP contribution < -0.4 is 23.7 Å². The predicted octanol–water partition coefficient (Wildman–Crippen LogP) is 3.40. The Hall–Kier alpha value is -2.89. The van der Waals surface area contributed by atoms with Gasteiger partial charge in [0.1, 0.15) is 6.10 Å². The zero-order valence-corrected chi connectivity index (χ0v) is 20.9. The second-order valence-corrected chi connectivity index (χ2v) is 8.90. The highest BCUT2D eigenvalue weighted by atomic mass is 127. The summed E-state index contributed by atoms with van der Waals surface area (Å²) in [5, 5.41) is 0. The minimum atomic E-state index is -0.651. The topological polar surface area (TPSA) is 98.8 Å². The number of carbonyl (C=O) groups excluding carboxylic acids is 2. The Labute approximate surface area is 209 Å². The van der Waals surface area contributed by atoms with Crippen LogP contribution in [0.3, 0.4) is 0 Å². The van der Waals surface area contributed by atoms with Crippen LogP contribution in [0.1, 0.15) is 28.7 Å². The molecule has 3 aliphatic rings. The molecule has 180 valence electrons. The minimum Gasteiger partial charge on any atom is -0.493 e. The van der Waals surface area contributed by atoms with Crippen molar-refractivity contribution in [1.82, 2.24) is 0 Å². The quantitative estimate of drug-likeness (QED) is 0.289. The van der Waals surface area contributed by atoms with Gasteiger partial charge in [-0.25, -0.2) is 0 Å². The summed E-state index contributed by atoms with van der Waals surface area (Å²) >= 11 is 1.96. The molecule has 0 radical (unpaired) electrons. The van der Waals surface area contributed by atoms with Crippen molar-refractivity contribution in [3.05, 3.63) is 41.0 Å². The van der Waals surface area contributed by atoms with E-state index in [4.69, 9.17) is 33.2 Å². The highest BCUT2D eigenvalue weighted by Crippen LogP contribution is 2.56. The molecule has 2 aliphatic heterocycles. The molecule has 4 atom stereocenters. The van der Waals surface area contributed by atoms with Gasteiger partial charge < -0.3 is 33.2 Å². The summed E-state index contributed by atoms with van der Waals surface area (Å²) in [5.41, 5.74) is 2.34. The molecule has 0 amide bonds. The van der Waals surface area contributed by atoms with Crippen LogP contribution in [0.5, 0.6) is 28.7 Å². The van der Waals surface area contributed by atoms with E-state index in [9.17, 15) is 9.59 Å². The molecule has 1 saturated heterocycles. The molecule has 2 aromatic carbocycles. The van der Waals surface area contributed by atoms with Gasteiger partial charge in [0.25, 0.3) is 0 Å². The standard InChI is InChI=1S/C24H23IO9/c1-28-17-4-11(5-18(29-2)23(17)30-3)20-12-6-15-16(33-10-32-15)7-13(12)22(34-19(26)8-25)14-9-31-24(27)21(14)20/h4-7,14,20-22H,8-10H2,1-3H3/t14-,20+,21-,22-/m0/s1. The Bertz CT molecular complexity index is 1120. The van der Waals surface area contributed by atoms with E-state index < -0.39 is 17.9 Å². The maximum atomic E-state index is 13.1. The van der Waals surface area contributed by atoms with E-state index in [1.54, 1.807) is 14.2 Å². The molecule has 0 bridgehead atoms. The summed E-state index contributed by atoms with van der Waals surface area (Å²) in [5.74, 6) is 0.463. The summed E-state index contributed by atoms with van der Waals surface area (Å²) < 4.78 is 39.4. The number of benzene rings is 2. The molecule has 1 fully saturated rings. The summed E-state index contributed by atoms with van der Waals surface area (Å²) in [6.07, 6.45) is -0.651. The van der Waals surface area contributed by atoms with Gasteiger partial charge in [-0.05, 0) is 35.4 Å². The molecule has 2 aromatic rings. The van der Waals surface area contributed by atoms with E-state index in [2.05, 4.69) is 0 Å². The number of rotatable bonds is 6. The van der Waals surface area contributed by atoms with Crippen LogP contribution in [-0.2, 0) is 19.1 Å². The first kappa shape index (κ1) is 22.9. The second kappa shape index (κ2) is 9.05. The number of halogens is 1. The highest BCUT2D eigenvalue weighted by Gasteiger charge is 2.54. The third kappa shape index (κ3) is 3.58. The van der Waals surface area contributed by atoms with Crippen molar-refractivity contribution in [3.8, 4) is 28.7 Å². The van der Waals surface area contributed by atoms with Gasteiger partial charge in [-0.15, -0.1) is 0 Å². The van der Waals surface area contributed by atoms with Gasteiger partial charge in [-0.1, -0.05) is 22.6 Å². The number of methoxy groups -OCH3 is 3. The minimum absolute atomic E-state index is 0.0974. The van der Waals surface area contributed by atoms with E-state index in [1.165, 1.54) is 7.11 Å². The fourth-order valence-corrected chi connectivity index (χ4v) is 5.30. The average Bonchev–Trinajstić information content (AvgIpc) is 3.48. The Kier molecular flexibility index (Phi) is 6.09. The molecule has 0 aromatic heterocycles. The van der Waals surface area contributed by atoms with Crippen molar-refractivity contribution in [2.45, 2.75) is 12.0 Å². The maximum Gasteiger partial charge on any atom is 0.316 e. The lowest BCUT2D eigenvalue weighted by atomic mass is 9.66. The second-order valence-electron chi connectivity index (χ2n) is 8.13. The molecule has 5 rings (SSSR count). The van der Waals surface area contributed by atoms with E-state index in [0.29, 0.717) is 28.7 Å². The molecule has 2 heterocycles. The lowest BCUT2D eigenvalue weighted by Crippen LogP contribution is -2.36. The zero-order valence-electron chi connectivity index (χ0n) is 18.8. The number of alkyl halides is 1. The molecular weight excluding hydrogens is 559 g/mol. The van der Waals surface area contributed by atoms with E-state index >= 15 is 0 Å². The Morgan fingerprint density at radius 3 is 2.21 bits per heavy atom.